The molecule has 0 atom stereocenters. The number of carbonyl (C=O) groups excluding carboxylic acids is 1. The van der Waals surface area contributed by atoms with Crippen LogP contribution in [-0.4, -0.2) is 47.7 Å². The number of piperidine rings is 1. The van der Waals surface area contributed by atoms with Crippen molar-refractivity contribution in [3.63, 3.8) is 0 Å². The first-order chi connectivity index (χ1) is 10.1. The van der Waals surface area contributed by atoms with E-state index in [1.54, 1.807) is 29.2 Å². The first-order valence-corrected chi connectivity index (χ1v) is 7.04. The number of carboxylic acid groups (broad SMARTS) is 1. The van der Waals surface area contributed by atoms with Crippen LogP contribution in [0.3, 0.4) is 0 Å². The van der Waals surface area contributed by atoms with Crippen LogP contribution < -0.4 is 5.73 Å². The van der Waals surface area contributed by atoms with E-state index in [1.807, 2.05) is 0 Å². The van der Waals surface area contributed by atoms with Gasteiger partial charge >= 0.3 is 5.97 Å². The number of nitrogens with zero attached hydrogens (tertiary/aromatic N) is 1. The Balaban J connectivity index is 1.81. The minimum absolute atomic E-state index is 0.0163. The van der Waals surface area contributed by atoms with Gasteiger partial charge in [-0.1, -0.05) is 6.07 Å². The van der Waals surface area contributed by atoms with Crippen LogP contribution in [0.4, 0.5) is 5.69 Å². The Bertz CT molecular complexity index is 510. The third-order valence-corrected chi connectivity index (χ3v) is 3.53. The van der Waals surface area contributed by atoms with Crippen LogP contribution >= 0.6 is 0 Å². The van der Waals surface area contributed by atoms with Gasteiger partial charge in [-0.15, -0.1) is 0 Å². The summed E-state index contributed by atoms with van der Waals surface area (Å²) < 4.78 is 5.51. The Hall–Kier alpha value is -2.08. The molecule has 1 saturated heterocycles. The molecule has 0 unspecified atom stereocenters. The van der Waals surface area contributed by atoms with Gasteiger partial charge in [0.2, 0.25) is 0 Å². The lowest BCUT2D eigenvalue weighted by Gasteiger charge is -2.32. The highest BCUT2D eigenvalue weighted by Crippen LogP contribution is 2.17. The molecular weight excluding hydrogens is 272 g/mol. The second kappa shape index (κ2) is 7.08. The molecule has 2 rings (SSSR count). The van der Waals surface area contributed by atoms with Crippen LogP contribution in [0.1, 0.15) is 29.6 Å². The van der Waals surface area contributed by atoms with Gasteiger partial charge in [0.1, 0.15) is 0 Å². The number of nitrogens with two attached hydrogens (primary N) is 1. The van der Waals surface area contributed by atoms with E-state index in [9.17, 15) is 9.59 Å². The summed E-state index contributed by atoms with van der Waals surface area (Å²) in [7, 11) is 0. The van der Waals surface area contributed by atoms with Crippen molar-refractivity contribution in [1.82, 2.24) is 4.90 Å². The Kier molecular flexibility index (Phi) is 5.16. The van der Waals surface area contributed by atoms with Crippen LogP contribution in [0.15, 0.2) is 24.3 Å². The van der Waals surface area contributed by atoms with E-state index in [-0.39, 0.29) is 25.0 Å². The Morgan fingerprint density at radius 2 is 2.05 bits per heavy atom. The first kappa shape index (κ1) is 15.3. The normalized spacial score (nSPS) is 15.9. The van der Waals surface area contributed by atoms with Gasteiger partial charge in [-0.3, -0.25) is 9.59 Å². The van der Waals surface area contributed by atoms with Crippen molar-refractivity contribution in [2.45, 2.75) is 25.4 Å². The summed E-state index contributed by atoms with van der Waals surface area (Å²) >= 11 is 0. The number of anilines is 1. The highest BCUT2D eigenvalue weighted by Gasteiger charge is 2.24. The highest BCUT2D eigenvalue weighted by molar-refractivity contribution is 5.95. The Morgan fingerprint density at radius 3 is 2.67 bits per heavy atom. The molecule has 0 aliphatic carbocycles. The smallest absolute Gasteiger partial charge is 0.305 e. The zero-order valence-electron chi connectivity index (χ0n) is 11.8. The first-order valence-electron chi connectivity index (χ1n) is 7.04. The molecule has 1 amide bonds. The van der Waals surface area contributed by atoms with Gasteiger partial charge < -0.3 is 20.5 Å². The van der Waals surface area contributed by atoms with Gasteiger partial charge in [-0.25, -0.2) is 0 Å². The van der Waals surface area contributed by atoms with E-state index in [0.717, 1.165) is 12.8 Å². The van der Waals surface area contributed by atoms with Gasteiger partial charge in [0.25, 0.3) is 5.91 Å². The standard InChI is InChI=1S/C15H20N2O4/c16-12-3-1-2-11(10-12)15(20)17-7-4-13(5-8-17)21-9-6-14(18)19/h1-3,10,13H,4-9,16H2,(H,18,19). The summed E-state index contributed by atoms with van der Waals surface area (Å²) in [5.41, 5.74) is 6.86. The monoisotopic (exact) mass is 292 g/mol. The van der Waals surface area contributed by atoms with Gasteiger partial charge in [-0.05, 0) is 31.0 Å². The molecular formula is C15H20N2O4. The Morgan fingerprint density at radius 1 is 1.33 bits per heavy atom. The van der Waals surface area contributed by atoms with Crippen molar-refractivity contribution in [2.75, 3.05) is 25.4 Å². The number of hydrogen-bond acceptors (Lipinski definition) is 4. The van der Waals surface area contributed by atoms with E-state index in [4.69, 9.17) is 15.6 Å². The quantitative estimate of drug-likeness (QED) is 0.799. The third kappa shape index (κ3) is 4.46. The minimum Gasteiger partial charge on any atom is -0.481 e. The largest absolute Gasteiger partial charge is 0.481 e. The molecule has 0 radical (unpaired) electrons. The number of hydrogen-bond donors (Lipinski definition) is 2. The van der Waals surface area contributed by atoms with Crippen LogP contribution in [0, 0.1) is 0 Å². The van der Waals surface area contributed by atoms with Gasteiger partial charge in [0.15, 0.2) is 0 Å². The lowest BCUT2D eigenvalue weighted by molar-refractivity contribution is -0.138. The molecule has 0 spiro atoms. The van der Waals surface area contributed by atoms with E-state index in [1.165, 1.54) is 0 Å². The number of benzene rings is 1. The van der Waals surface area contributed by atoms with Crippen molar-refractivity contribution in [1.29, 1.82) is 0 Å². The second-order valence-corrected chi connectivity index (χ2v) is 5.13. The van der Waals surface area contributed by atoms with Crippen molar-refractivity contribution in [3.05, 3.63) is 29.8 Å². The molecule has 0 bridgehead atoms. The summed E-state index contributed by atoms with van der Waals surface area (Å²) in [6.07, 6.45) is 1.51. The van der Waals surface area contributed by atoms with Crippen LogP contribution in [0.2, 0.25) is 0 Å². The predicted octanol–water partition coefficient (Wildman–Crippen LogP) is 1.36. The molecule has 21 heavy (non-hydrogen) atoms. The molecule has 0 aromatic heterocycles. The molecule has 6 heteroatoms. The van der Waals surface area contributed by atoms with Crippen LogP contribution in [-0.2, 0) is 9.53 Å². The molecule has 1 fully saturated rings. The maximum Gasteiger partial charge on any atom is 0.305 e. The maximum absolute atomic E-state index is 12.3. The van der Waals surface area contributed by atoms with Crippen molar-refractivity contribution >= 4 is 17.6 Å². The molecule has 1 aromatic rings. The molecule has 1 aliphatic rings. The van der Waals surface area contributed by atoms with Crippen molar-refractivity contribution < 1.29 is 19.4 Å². The van der Waals surface area contributed by atoms with Crippen molar-refractivity contribution in [3.8, 4) is 0 Å². The van der Waals surface area contributed by atoms with E-state index in [2.05, 4.69) is 0 Å². The van der Waals surface area contributed by atoms with Gasteiger partial charge in [0.05, 0.1) is 19.1 Å². The zero-order chi connectivity index (χ0) is 15.2. The number of amides is 1. The summed E-state index contributed by atoms with van der Waals surface area (Å²) in [4.78, 5) is 24.5. The van der Waals surface area contributed by atoms with Crippen LogP contribution in [0.5, 0.6) is 0 Å². The lowest BCUT2D eigenvalue weighted by atomic mass is 10.1. The molecule has 3 N–H and O–H groups in total. The molecule has 1 aromatic carbocycles. The predicted molar refractivity (Wildman–Crippen MR) is 78.0 cm³/mol. The topological polar surface area (TPSA) is 92.9 Å². The molecule has 1 aliphatic heterocycles. The summed E-state index contributed by atoms with van der Waals surface area (Å²) in [5, 5.41) is 8.56. The fourth-order valence-electron chi connectivity index (χ4n) is 2.39. The number of likely N-dealkylation sites (tertiary alicyclic amines) is 1. The number of nitrogen functional groups attached to an aromatic ring is 1. The van der Waals surface area contributed by atoms with E-state index < -0.39 is 5.97 Å². The van der Waals surface area contributed by atoms with Gasteiger partial charge in [0, 0.05) is 24.3 Å². The number of carboxylic acids is 1. The van der Waals surface area contributed by atoms with Crippen molar-refractivity contribution in [2.24, 2.45) is 0 Å². The minimum atomic E-state index is -0.857. The van der Waals surface area contributed by atoms with E-state index in [0.29, 0.717) is 24.3 Å². The molecule has 1 heterocycles. The highest BCUT2D eigenvalue weighted by atomic mass is 16.5. The van der Waals surface area contributed by atoms with Gasteiger partial charge in [-0.2, -0.15) is 0 Å². The average Bonchev–Trinajstić information content (AvgIpc) is 2.47. The SMILES string of the molecule is Nc1cccc(C(=O)N2CCC(OCCC(=O)O)CC2)c1. The second-order valence-electron chi connectivity index (χ2n) is 5.13. The summed E-state index contributed by atoms with van der Waals surface area (Å²) in [5.74, 6) is -0.879. The fourth-order valence-corrected chi connectivity index (χ4v) is 2.39. The Labute approximate surface area is 123 Å². The number of aliphatic carboxylic acids is 1. The summed E-state index contributed by atoms with van der Waals surface area (Å²) in [6.45, 7) is 1.46. The summed E-state index contributed by atoms with van der Waals surface area (Å²) in [6, 6.07) is 6.95. The third-order valence-electron chi connectivity index (χ3n) is 3.53. The number of rotatable bonds is 5. The zero-order valence-corrected chi connectivity index (χ0v) is 11.8. The number of ether oxygens (including phenoxy) is 1. The maximum atomic E-state index is 12.3. The lowest BCUT2D eigenvalue weighted by Crippen LogP contribution is -2.41. The molecule has 0 saturated carbocycles. The number of carbonyl (C=O) groups is 2. The molecule has 114 valence electrons. The molecule has 6 nitrogen and oxygen atoms in total. The van der Waals surface area contributed by atoms with Crippen LogP contribution in [0.25, 0.3) is 0 Å². The average molecular weight is 292 g/mol. The van der Waals surface area contributed by atoms with E-state index >= 15 is 0 Å². The fraction of sp³-hybridized carbons (Fsp3) is 0.467.